The van der Waals surface area contributed by atoms with Gasteiger partial charge < -0.3 is 10.5 Å². The Morgan fingerprint density at radius 1 is 1.14 bits per heavy atom. The Kier molecular flexibility index (Phi) is 4.74. The quantitative estimate of drug-likeness (QED) is 0.893. The fraction of sp³-hybridized carbons (Fsp3) is 0.333. The van der Waals surface area contributed by atoms with Crippen LogP contribution < -0.4 is 5.73 Å². The van der Waals surface area contributed by atoms with Gasteiger partial charge in [0.2, 0.25) is 0 Å². The van der Waals surface area contributed by atoms with Crippen molar-refractivity contribution in [2.45, 2.75) is 31.4 Å². The first-order valence-corrected chi connectivity index (χ1v) is 8.15. The first-order chi connectivity index (χ1) is 10.6. The molecular formula is C18H19Cl2NO. The molecule has 2 aromatic carbocycles. The van der Waals surface area contributed by atoms with Gasteiger partial charge in [0.25, 0.3) is 0 Å². The average Bonchev–Trinajstić information content (AvgIpc) is 2.50. The Morgan fingerprint density at radius 3 is 2.68 bits per heavy atom. The summed E-state index contributed by atoms with van der Waals surface area (Å²) in [6.45, 7) is 0.618. The Bertz CT molecular complexity index is 687. The Morgan fingerprint density at radius 2 is 1.95 bits per heavy atom. The zero-order valence-corrected chi connectivity index (χ0v) is 14.0. The van der Waals surface area contributed by atoms with Gasteiger partial charge in [-0.05, 0) is 47.2 Å². The minimum atomic E-state index is 0.167. The topological polar surface area (TPSA) is 35.2 Å². The molecule has 0 bridgehead atoms. The number of hydrogen-bond acceptors (Lipinski definition) is 2. The van der Waals surface area contributed by atoms with E-state index < -0.39 is 0 Å². The van der Waals surface area contributed by atoms with Crippen LogP contribution in [0.5, 0.6) is 0 Å². The highest BCUT2D eigenvalue weighted by Crippen LogP contribution is 2.38. The van der Waals surface area contributed by atoms with Gasteiger partial charge in [-0.1, -0.05) is 47.5 Å². The third-order valence-corrected chi connectivity index (χ3v) is 5.00. The van der Waals surface area contributed by atoms with Crippen molar-refractivity contribution in [3.05, 3.63) is 68.7 Å². The predicted molar refractivity (Wildman–Crippen MR) is 91.8 cm³/mol. The van der Waals surface area contributed by atoms with Crippen LogP contribution in [0, 0.1) is 0 Å². The van der Waals surface area contributed by atoms with E-state index in [0.717, 1.165) is 12.8 Å². The number of hydrogen-bond donors (Lipinski definition) is 1. The number of nitrogens with two attached hydrogens (primary N) is 1. The molecule has 0 heterocycles. The summed E-state index contributed by atoms with van der Waals surface area (Å²) in [6, 6.07) is 12.6. The molecule has 0 saturated carbocycles. The van der Waals surface area contributed by atoms with Gasteiger partial charge in [-0.3, -0.25) is 0 Å². The molecule has 3 rings (SSSR count). The van der Waals surface area contributed by atoms with Crippen molar-refractivity contribution in [2.75, 3.05) is 7.11 Å². The molecule has 0 saturated heterocycles. The van der Waals surface area contributed by atoms with E-state index in [1.54, 1.807) is 7.11 Å². The van der Waals surface area contributed by atoms with Crippen molar-refractivity contribution in [1.29, 1.82) is 0 Å². The van der Waals surface area contributed by atoms with Gasteiger partial charge >= 0.3 is 0 Å². The largest absolute Gasteiger partial charge is 0.380 e. The number of rotatable bonds is 3. The number of methoxy groups -OCH3 is 1. The lowest BCUT2D eigenvalue weighted by Gasteiger charge is -2.30. The molecular weight excluding hydrogens is 317 g/mol. The molecule has 1 aliphatic rings. The molecule has 2 N–H and O–H groups in total. The van der Waals surface area contributed by atoms with E-state index in [4.69, 9.17) is 33.7 Å². The molecule has 0 aliphatic heterocycles. The Balaban J connectivity index is 2.05. The SMILES string of the molecule is COCc1ccc2c(c1)C(c1ccc(Cl)c(Cl)c1)CC(N)C2. The lowest BCUT2D eigenvalue weighted by atomic mass is 9.76. The van der Waals surface area contributed by atoms with Crippen LogP contribution >= 0.6 is 23.2 Å². The van der Waals surface area contributed by atoms with Crippen molar-refractivity contribution >= 4 is 23.2 Å². The molecule has 2 nitrogen and oxygen atoms in total. The van der Waals surface area contributed by atoms with Crippen LogP contribution in [0.2, 0.25) is 10.0 Å². The summed E-state index contributed by atoms with van der Waals surface area (Å²) < 4.78 is 5.25. The van der Waals surface area contributed by atoms with Crippen LogP contribution in [0.4, 0.5) is 0 Å². The van der Waals surface area contributed by atoms with E-state index >= 15 is 0 Å². The first-order valence-electron chi connectivity index (χ1n) is 7.39. The zero-order chi connectivity index (χ0) is 15.7. The normalized spacial score (nSPS) is 20.7. The standard InChI is InChI=1S/C18H19Cl2NO/c1-22-10-11-2-3-12-7-14(21)9-16(15(12)6-11)13-4-5-17(19)18(20)8-13/h2-6,8,14,16H,7,9-10,21H2,1H3. The smallest absolute Gasteiger partial charge is 0.0713 e. The maximum Gasteiger partial charge on any atom is 0.0713 e. The first kappa shape index (κ1) is 15.8. The van der Waals surface area contributed by atoms with E-state index in [2.05, 4.69) is 18.2 Å². The van der Waals surface area contributed by atoms with Gasteiger partial charge in [0.15, 0.2) is 0 Å². The highest BCUT2D eigenvalue weighted by Gasteiger charge is 2.26. The number of halogens is 2. The van der Waals surface area contributed by atoms with E-state index in [0.29, 0.717) is 16.7 Å². The fourth-order valence-corrected chi connectivity index (χ4v) is 3.56. The summed E-state index contributed by atoms with van der Waals surface area (Å²) in [5, 5.41) is 1.17. The molecule has 4 heteroatoms. The zero-order valence-electron chi connectivity index (χ0n) is 12.5. The second-order valence-electron chi connectivity index (χ2n) is 5.89. The van der Waals surface area contributed by atoms with Crippen LogP contribution in [0.15, 0.2) is 36.4 Å². The molecule has 0 fully saturated rings. The van der Waals surface area contributed by atoms with E-state index in [-0.39, 0.29) is 12.0 Å². The third kappa shape index (κ3) is 3.16. The maximum atomic E-state index is 6.26. The molecule has 2 unspecified atom stereocenters. The van der Waals surface area contributed by atoms with Gasteiger partial charge in [-0.15, -0.1) is 0 Å². The fourth-order valence-electron chi connectivity index (χ4n) is 3.25. The van der Waals surface area contributed by atoms with Crippen molar-refractivity contribution in [3.63, 3.8) is 0 Å². The van der Waals surface area contributed by atoms with E-state index in [1.165, 1.54) is 22.3 Å². The molecule has 116 valence electrons. The van der Waals surface area contributed by atoms with Crippen LogP contribution in [0.25, 0.3) is 0 Å². The molecule has 0 radical (unpaired) electrons. The maximum absolute atomic E-state index is 6.26. The highest BCUT2D eigenvalue weighted by atomic mass is 35.5. The van der Waals surface area contributed by atoms with Gasteiger partial charge in [0.1, 0.15) is 0 Å². The predicted octanol–water partition coefficient (Wildman–Crippen LogP) is 4.55. The van der Waals surface area contributed by atoms with E-state index in [1.807, 2.05) is 18.2 Å². The van der Waals surface area contributed by atoms with Crippen LogP contribution in [-0.2, 0) is 17.8 Å². The van der Waals surface area contributed by atoms with Crippen molar-refractivity contribution in [3.8, 4) is 0 Å². The van der Waals surface area contributed by atoms with Gasteiger partial charge in [0, 0.05) is 19.1 Å². The number of ether oxygens (including phenoxy) is 1. The van der Waals surface area contributed by atoms with E-state index in [9.17, 15) is 0 Å². The number of benzene rings is 2. The summed E-state index contributed by atoms with van der Waals surface area (Å²) >= 11 is 12.2. The van der Waals surface area contributed by atoms with Gasteiger partial charge in [-0.2, -0.15) is 0 Å². The average molecular weight is 336 g/mol. The summed E-state index contributed by atoms with van der Waals surface area (Å²) in [6.07, 6.45) is 1.84. The molecule has 2 aromatic rings. The molecule has 22 heavy (non-hydrogen) atoms. The van der Waals surface area contributed by atoms with Crippen molar-refractivity contribution < 1.29 is 4.74 Å². The lowest BCUT2D eigenvalue weighted by Crippen LogP contribution is -2.31. The molecule has 1 aliphatic carbocycles. The Hall–Kier alpha value is -1.06. The lowest BCUT2D eigenvalue weighted by molar-refractivity contribution is 0.185. The second-order valence-corrected chi connectivity index (χ2v) is 6.71. The summed E-state index contributed by atoms with van der Waals surface area (Å²) in [7, 11) is 1.71. The minimum Gasteiger partial charge on any atom is -0.380 e. The molecule has 2 atom stereocenters. The second kappa shape index (κ2) is 6.59. The minimum absolute atomic E-state index is 0.167. The van der Waals surface area contributed by atoms with Crippen molar-refractivity contribution in [1.82, 2.24) is 0 Å². The number of fused-ring (bicyclic) bond motifs is 1. The summed E-state index contributed by atoms with van der Waals surface area (Å²) in [4.78, 5) is 0. The molecule has 0 amide bonds. The summed E-state index contributed by atoms with van der Waals surface area (Å²) in [5.74, 6) is 0.255. The summed E-state index contributed by atoms with van der Waals surface area (Å²) in [5.41, 5.74) is 11.3. The van der Waals surface area contributed by atoms with Gasteiger partial charge in [-0.25, -0.2) is 0 Å². The van der Waals surface area contributed by atoms with Crippen molar-refractivity contribution in [2.24, 2.45) is 5.73 Å². The molecule has 0 spiro atoms. The van der Waals surface area contributed by atoms with Crippen LogP contribution in [0.3, 0.4) is 0 Å². The van der Waals surface area contributed by atoms with Crippen LogP contribution in [-0.4, -0.2) is 13.2 Å². The van der Waals surface area contributed by atoms with Crippen LogP contribution in [0.1, 0.15) is 34.6 Å². The van der Waals surface area contributed by atoms with Gasteiger partial charge in [0.05, 0.1) is 16.7 Å². The highest BCUT2D eigenvalue weighted by molar-refractivity contribution is 6.42. The molecule has 0 aromatic heterocycles. The third-order valence-electron chi connectivity index (χ3n) is 4.26. The Labute approximate surface area is 141 Å². The monoisotopic (exact) mass is 335 g/mol.